The van der Waals surface area contributed by atoms with Crippen molar-refractivity contribution in [2.45, 2.75) is 13.5 Å². The third-order valence-electron chi connectivity index (χ3n) is 4.13. The Bertz CT molecular complexity index is 652. The van der Waals surface area contributed by atoms with Crippen LogP contribution in [-0.4, -0.2) is 34.0 Å². The first-order valence-electron chi connectivity index (χ1n) is 6.75. The van der Waals surface area contributed by atoms with Gasteiger partial charge in [0.15, 0.2) is 0 Å². The first-order chi connectivity index (χ1) is 9.54. The van der Waals surface area contributed by atoms with Crippen LogP contribution in [0, 0.1) is 11.8 Å². The summed E-state index contributed by atoms with van der Waals surface area (Å²) in [7, 11) is 0. The number of nitrogens with zero attached hydrogens (tertiary/aromatic N) is 1. The summed E-state index contributed by atoms with van der Waals surface area (Å²) in [5, 5.41) is 11.1. The number of rotatable bonds is 3. The van der Waals surface area contributed by atoms with Gasteiger partial charge in [-0.3, -0.25) is 9.69 Å². The lowest BCUT2D eigenvalue weighted by molar-refractivity contribution is -0.142. The van der Waals surface area contributed by atoms with Crippen LogP contribution < -0.4 is 0 Å². The minimum absolute atomic E-state index is 0.201. The van der Waals surface area contributed by atoms with Crippen molar-refractivity contribution in [1.82, 2.24) is 9.88 Å². The van der Waals surface area contributed by atoms with E-state index in [2.05, 4.69) is 9.88 Å². The van der Waals surface area contributed by atoms with Crippen LogP contribution in [-0.2, 0) is 11.3 Å². The van der Waals surface area contributed by atoms with E-state index >= 15 is 0 Å². The molecule has 2 N–H and O–H groups in total. The smallest absolute Gasteiger partial charge is 0.308 e. The normalized spacial score (nSPS) is 23.5. The van der Waals surface area contributed by atoms with E-state index in [4.69, 9.17) is 11.6 Å². The molecular formula is C15H17ClN2O2. The first-order valence-corrected chi connectivity index (χ1v) is 7.13. The fraction of sp³-hybridized carbons (Fsp3) is 0.400. The number of hydrogen-bond acceptors (Lipinski definition) is 2. The Labute approximate surface area is 122 Å². The van der Waals surface area contributed by atoms with Gasteiger partial charge in [-0.1, -0.05) is 24.6 Å². The van der Waals surface area contributed by atoms with Crippen molar-refractivity contribution in [3.05, 3.63) is 35.0 Å². The summed E-state index contributed by atoms with van der Waals surface area (Å²) in [4.78, 5) is 16.6. The molecule has 2 atom stereocenters. The quantitative estimate of drug-likeness (QED) is 0.914. The van der Waals surface area contributed by atoms with Gasteiger partial charge in [-0.05, 0) is 23.6 Å². The maximum absolute atomic E-state index is 11.2. The average molecular weight is 293 g/mol. The molecule has 0 radical (unpaired) electrons. The molecule has 0 saturated carbocycles. The number of aromatic amines is 1. The summed E-state index contributed by atoms with van der Waals surface area (Å²) in [6.07, 6.45) is 1.99. The zero-order valence-electron chi connectivity index (χ0n) is 11.3. The highest BCUT2D eigenvalue weighted by molar-refractivity contribution is 6.31. The van der Waals surface area contributed by atoms with Crippen molar-refractivity contribution in [3.63, 3.8) is 0 Å². The van der Waals surface area contributed by atoms with Crippen molar-refractivity contribution in [3.8, 4) is 0 Å². The predicted molar refractivity (Wildman–Crippen MR) is 78.9 cm³/mol. The van der Waals surface area contributed by atoms with Crippen LogP contribution in [0.2, 0.25) is 5.02 Å². The molecule has 4 nitrogen and oxygen atoms in total. The van der Waals surface area contributed by atoms with Gasteiger partial charge in [0.05, 0.1) is 5.92 Å². The fourth-order valence-corrected chi connectivity index (χ4v) is 3.22. The number of nitrogens with one attached hydrogen (secondary N) is 1. The highest BCUT2D eigenvalue weighted by Crippen LogP contribution is 2.28. The van der Waals surface area contributed by atoms with E-state index in [1.807, 2.05) is 31.3 Å². The van der Waals surface area contributed by atoms with Gasteiger partial charge in [0.1, 0.15) is 0 Å². The van der Waals surface area contributed by atoms with Crippen LogP contribution in [0.4, 0.5) is 0 Å². The number of halogens is 1. The Morgan fingerprint density at radius 1 is 1.50 bits per heavy atom. The molecule has 2 aromatic rings. The zero-order chi connectivity index (χ0) is 14.3. The molecule has 1 aliphatic heterocycles. The highest BCUT2D eigenvalue weighted by Gasteiger charge is 2.34. The number of carbonyl (C=O) groups is 1. The monoisotopic (exact) mass is 292 g/mol. The van der Waals surface area contributed by atoms with Crippen LogP contribution in [0.1, 0.15) is 12.5 Å². The van der Waals surface area contributed by atoms with Crippen molar-refractivity contribution in [2.75, 3.05) is 13.1 Å². The summed E-state index contributed by atoms with van der Waals surface area (Å²) < 4.78 is 0. The van der Waals surface area contributed by atoms with Gasteiger partial charge in [-0.2, -0.15) is 0 Å². The van der Waals surface area contributed by atoms with Crippen molar-refractivity contribution >= 4 is 28.5 Å². The van der Waals surface area contributed by atoms with E-state index in [-0.39, 0.29) is 11.8 Å². The topological polar surface area (TPSA) is 56.3 Å². The second kappa shape index (κ2) is 5.11. The van der Waals surface area contributed by atoms with Crippen LogP contribution in [0.5, 0.6) is 0 Å². The lowest BCUT2D eigenvalue weighted by atomic mass is 9.99. The lowest BCUT2D eigenvalue weighted by Gasteiger charge is -2.14. The molecule has 1 aromatic heterocycles. The molecule has 0 aliphatic carbocycles. The van der Waals surface area contributed by atoms with Crippen LogP contribution in [0.3, 0.4) is 0 Å². The van der Waals surface area contributed by atoms with Crippen molar-refractivity contribution in [1.29, 1.82) is 0 Å². The van der Waals surface area contributed by atoms with Gasteiger partial charge >= 0.3 is 5.97 Å². The van der Waals surface area contributed by atoms with Crippen LogP contribution in [0.15, 0.2) is 24.4 Å². The Morgan fingerprint density at radius 3 is 3.00 bits per heavy atom. The molecule has 0 amide bonds. The summed E-state index contributed by atoms with van der Waals surface area (Å²) >= 11 is 5.98. The van der Waals surface area contributed by atoms with Gasteiger partial charge in [-0.15, -0.1) is 0 Å². The van der Waals surface area contributed by atoms with Crippen LogP contribution in [0.25, 0.3) is 10.9 Å². The summed E-state index contributed by atoms with van der Waals surface area (Å²) in [6, 6.07) is 5.80. The van der Waals surface area contributed by atoms with E-state index in [0.29, 0.717) is 11.6 Å². The fourth-order valence-electron chi connectivity index (χ4n) is 3.05. The van der Waals surface area contributed by atoms with Gasteiger partial charge in [0, 0.05) is 41.8 Å². The molecule has 20 heavy (non-hydrogen) atoms. The second-order valence-electron chi connectivity index (χ2n) is 5.62. The molecule has 106 valence electrons. The minimum atomic E-state index is -0.689. The zero-order valence-corrected chi connectivity index (χ0v) is 12.0. The van der Waals surface area contributed by atoms with Crippen molar-refractivity contribution in [2.24, 2.45) is 11.8 Å². The van der Waals surface area contributed by atoms with Gasteiger partial charge < -0.3 is 10.1 Å². The molecule has 1 aromatic carbocycles. The first kappa shape index (κ1) is 13.5. The number of carboxylic acid groups (broad SMARTS) is 1. The lowest BCUT2D eigenvalue weighted by Crippen LogP contribution is -2.23. The summed E-state index contributed by atoms with van der Waals surface area (Å²) in [5.74, 6) is -0.743. The molecule has 0 unspecified atom stereocenters. The standard InChI is InChI=1S/C15H17ClN2O2/c1-9-6-18(8-13(9)15(19)20)7-10-5-17-14-4-11(16)2-3-12(10)14/h2-5,9,13,17H,6-8H2,1H3,(H,19,20)/t9-,13-/m1/s1. The molecular weight excluding hydrogens is 276 g/mol. The third kappa shape index (κ3) is 2.41. The number of hydrogen-bond donors (Lipinski definition) is 2. The number of benzene rings is 1. The number of carboxylic acids is 1. The van der Waals surface area contributed by atoms with E-state index in [0.717, 1.165) is 24.0 Å². The largest absolute Gasteiger partial charge is 0.481 e. The van der Waals surface area contributed by atoms with Gasteiger partial charge in [0.2, 0.25) is 0 Å². The average Bonchev–Trinajstić information content (AvgIpc) is 2.94. The molecule has 0 bridgehead atoms. The number of H-pyrrole nitrogens is 1. The Kier molecular flexibility index (Phi) is 3.44. The molecule has 3 rings (SSSR count). The van der Waals surface area contributed by atoms with E-state index in [1.54, 1.807) is 0 Å². The molecule has 1 aliphatic rings. The Balaban J connectivity index is 1.79. The van der Waals surface area contributed by atoms with Crippen molar-refractivity contribution < 1.29 is 9.90 Å². The Morgan fingerprint density at radius 2 is 2.30 bits per heavy atom. The molecule has 1 fully saturated rings. The molecule has 2 heterocycles. The maximum atomic E-state index is 11.2. The number of fused-ring (bicyclic) bond motifs is 1. The highest BCUT2D eigenvalue weighted by atomic mass is 35.5. The number of aliphatic carboxylic acids is 1. The number of likely N-dealkylation sites (tertiary alicyclic amines) is 1. The molecule has 5 heteroatoms. The second-order valence-corrected chi connectivity index (χ2v) is 6.06. The van der Waals surface area contributed by atoms with Gasteiger partial charge in [0.25, 0.3) is 0 Å². The van der Waals surface area contributed by atoms with E-state index < -0.39 is 5.97 Å². The van der Waals surface area contributed by atoms with E-state index in [9.17, 15) is 9.90 Å². The predicted octanol–water partition coefficient (Wildman–Crippen LogP) is 2.97. The third-order valence-corrected chi connectivity index (χ3v) is 4.36. The van der Waals surface area contributed by atoms with Gasteiger partial charge in [-0.25, -0.2) is 0 Å². The van der Waals surface area contributed by atoms with Crippen LogP contribution >= 0.6 is 11.6 Å². The molecule has 0 spiro atoms. The minimum Gasteiger partial charge on any atom is -0.481 e. The summed E-state index contributed by atoms with van der Waals surface area (Å²) in [6.45, 7) is 4.23. The van der Waals surface area contributed by atoms with E-state index in [1.165, 1.54) is 5.56 Å². The molecule has 1 saturated heterocycles. The number of aromatic nitrogens is 1. The summed E-state index contributed by atoms with van der Waals surface area (Å²) in [5.41, 5.74) is 2.21. The Hall–Kier alpha value is -1.52. The maximum Gasteiger partial charge on any atom is 0.308 e. The SMILES string of the molecule is C[C@@H]1CN(Cc2c[nH]c3cc(Cl)ccc23)C[C@H]1C(=O)O.